The van der Waals surface area contributed by atoms with E-state index in [-0.39, 0.29) is 0 Å². The highest BCUT2D eigenvalue weighted by molar-refractivity contribution is 8.01. The number of aromatic nitrogens is 3. The van der Waals surface area contributed by atoms with Crippen LogP contribution in [0.2, 0.25) is 0 Å². The molecule has 0 spiro atoms. The van der Waals surface area contributed by atoms with Gasteiger partial charge in [-0.15, -0.1) is 10.2 Å². The quantitative estimate of drug-likeness (QED) is 0.797. The number of rotatable bonds is 2. The van der Waals surface area contributed by atoms with Crippen molar-refractivity contribution >= 4 is 23.1 Å². The molecule has 2 aromatic heterocycles. The number of hydrogen-bond acceptors (Lipinski definition) is 6. The molecule has 6 heteroatoms. The minimum Gasteiger partial charge on any atom is -0.245 e. The van der Waals surface area contributed by atoms with Crippen molar-refractivity contribution < 1.29 is 0 Å². The number of aryl methyl sites for hydroxylation is 1. The van der Waals surface area contributed by atoms with Crippen LogP contribution in [0, 0.1) is 18.3 Å². The van der Waals surface area contributed by atoms with E-state index < -0.39 is 0 Å². The van der Waals surface area contributed by atoms with Gasteiger partial charge in [-0.3, -0.25) is 0 Å². The summed E-state index contributed by atoms with van der Waals surface area (Å²) in [6.07, 6.45) is 1.62. The Morgan fingerprint density at radius 2 is 2.33 bits per heavy atom. The van der Waals surface area contributed by atoms with Crippen LogP contribution < -0.4 is 0 Å². The molecule has 0 bridgehead atoms. The molecule has 0 amide bonds. The molecule has 0 aliphatic carbocycles. The van der Waals surface area contributed by atoms with Gasteiger partial charge in [0.15, 0.2) is 4.34 Å². The van der Waals surface area contributed by atoms with Gasteiger partial charge in [0.2, 0.25) is 0 Å². The molecule has 0 atom stereocenters. The number of pyridine rings is 1. The Bertz CT molecular complexity index is 515. The van der Waals surface area contributed by atoms with Crippen LogP contribution in [0.5, 0.6) is 0 Å². The molecule has 2 heterocycles. The van der Waals surface area contributed by atoms with Gasteiger partial charge < -0.3 is 0 Å². The minimum atomic E-state index is 0.418. The highest BCUT2D eigenvalue weighted by Crippen LogP contribution is 2.29. The molecule has 0 saturated carbocycles. The van der Waals surface area contributed by atoms with Gasteiger partial charge in [-0.05, 0) is 19.1 Å². The molecule has 0 saturated heterocycles. The summed E-state index contributed by atoms with van der Waals surface area (Å²) in [7, 11) is 0. The Labute approximate surface area is 95.0 Å². The van der Waals surface area contributed by atoms with E-state index >= 15 is 0 Å². The Morgan fingerprint density at radius 3 is 3.00 bits per heavy atom. The predicted molar refractivity (Wildman–Crippen MR) is 57.7 cm³/mol. The molecule has 2 aromatic rings. The van der Waals surface area contributed by atoms with Gasteiger partial charge in [0.25, 0.3) is 0 Å². The van der Waals surface area contributed by atoms with E-state index in [2.05, 4.69) is 15.2 Å². The molecule has 74 valence electrons. The van der Waals surface area contributed by atoms with Crippen molar-refractivity contribution in [1.29, 1.82) is 5.26 Å². The number of nitriles is 1. The zero-order chi connectivity index (χ0) is 10.7. The fourth-order valence-electron chi connectivity index (χ4n) is 0.956. The fraction of sp³-hybridized carbons (Fsp3) is 0.111. The van der Waals surface area contributed by atoms with Crippen LogP contribution in [-0.4, -0.2) is 15.2 Å². The second-order valence-corrected chi connectivity index (χ2v) is 5.18. The van der Waals surface area contributed by atoms with Crippen LogP contribution in [0.1, 0.15) is 10.7 Å². The molecular formula is C9H6N4S2. The van der Waals surface area contributed by atoms with E-state index in [1.807, 2.05) is 19.1 Å². The molecule has 4 nitrogen and oxygen atoms in total. The Kier molecular flexibility index (Phi) is 2.94. The second-order valence-electron chi connectivity index (χ2n) is 2.68. The van der Waals surface area contributed by atoms with E-state index in [0.29, 0.717) is 5.69 Å². The SMILES string of the molecule is Cc1nnc(Sc2ccnc(C#N)c2)s1. The first kappa shape index (κ1) is 10.1. The van der Waals surface area contributed by atoms with Crippen molar-refractivity contribution in [3.8, 4) is 6.07 Å². The molecule has 0 aliphatic rings. The molecular weight excluding hydrogens is 228 g/mol. The third kappa shape index (κ3) is 2.52. The monoisotopic (exact) mass is 234 g/mol. The van der Waals surface area contributed by atoms with E-state index in [9.17, 15) is 0 Å². The summed E-state index contributed by atoms with van der Waals surface area (Å²) < 4.78 is 0.877. The highest BCUT2D eigenvalue weighted by atomic mass is 32.2. The standard InChI is InChI=1S/C9H6N4S2/c1-6-12-13-9(14-6)15-8-2-3-11-7(4-8)5-10/h2-4H,1H3. The van der Waals surface area contributed by atoms with Crippen LogP contribution in [-0.2, 0) is 0 Å². The molecule has 0 N–H and O–H groups in total. The van der Waals surface area contributed by atoms with Crippen molar-refractivity contribution in [3.63, 3.8) is 0 Å². The summed E-state index contributed by atoms with van der Waals surface area (Å²) in [5.74, 6) is 0. The van der Waals surface area contributed by atoms with E-state index in [0.717, 1.165) is 14.2 Å². The molecule has 0 fully saturated rings. The Balaban J connectivity index is 2.21. The maximum atomic E-state index is 8.69. The lowest BCUT2D eigenvalue weighted by molar-refractivity contribution is 0.983. The van der Waals surface area contributed by atoms with Crippen molar-refractivity contribution in [2.75, 3.05) is 0 Å². The van der Waals surface area contributed by atoms with Crippen LogP contribution >= 0.6 is 23.1 Å². The summed E-state index contributed by atoms with van der Waals surface area (Å²) in [6, 6.07) is 5.59. The molecule has 0 aliphatic heterocycles. The lowest BCUT2D eigenvalue weighted by atomic mass is 10.4. The van der Waals surface area contributed by atoms with Gasteiger partial charge in [0.1, 0.15) is 16.8 Å². The van der Waals surface area contributed by atoms with Crippen molar-refractivity contribution in [2.45, 2.75) is 16.2 Å². The van der Waals surface area contributed by atoms with Gasteiger partial charge in [-0.25, -0.2) is 4.98 Å². The zero-order valence-corrected chi connectivity index (χ0v) is 9.47. The van der Waals surface area contributed by atoms with Crippen LogP contribution in [0.25, 0.3) is 0 Å². The van der Waals surface area contributed by atoms with Gasteiger partial charge in [0, 0.05) is 11.1 Å². The first-order valence-corrected chi connectivity index (χ1v) is 5.75. The summed E-state index contributed by atoms with van der Waals surface area (Å²) in [6.45, 7) is 1.91. The predicted octanol–water partition coefficient (Wildman–Crippen LogP) is 2.26. The Morgan fingerprint density at radius 1 is 1.47 bits per heavy atom. The number of hydrogen-bond donors (Lipinski definition) is 0. The fourth-order valence-corrected chi connectivity index (χ4v) is 2.77. The molecule has 0 unspecified atom stereocenters. The largest absolute Gasteiger partial charge is 0.245 e. The van der Waals surface area contributed by atoms with Crippen LogP contribution in [0.4, 0.5) is 0 Å². The summed E-state index contributed by atoms with van der Waals surface area (Å²) in [5, 5.41) is 17.5. The van der Waals surface area contributed by atoms with Gasteiger partial charge in [-0.2, -0.15) is 5.26 Å². The summed E-state index contributed by atoms with van der Waals surface area (Å²) >= 11 is 3.03. The summed E-state index contributed by atoms with van der Waals surface area (Å²) in [4.78, 5) is 4.85. The third-order valence-electron chi connectivity index (χ3n) is 1.56. The minimum absolute atomic E-state index is 0.418. The van der Waals surface area contributed by atoms with Crippen LogP contribution in [0.15, 0.2) is 27.6 Å². The van der Waals surface area contributed by atoms with Crippen LogP contribution in [0.3, 0.4) is 0 Å². The van der Waals surface area contributed by atoms with E-state index in [1.165, 1.54) is 23.1 Å². The smallest absolute Gasteiger partial charge is 0.179 e. The maximum absolute atomic E-state index is 8.69. The highest BCUT2D eigenvalue weighted by Gasteiger charge is 2.03. The Hall–Kier alpha value is -1.45. The van der Waals surface area contributed by atoms with Gasteiger partial charge in [0.05, 0.1) is 0 Å². The van der Waals surface area contributed by atoms with Crippen molar-refractivity contribution in [3.05, 3.63) is 29.0 Å². The van der Waals surface area contributed by atoms with Gasteiger partial charge >= 0.3 is 0 Å². The lowest BCUT2D eigenvalue weighted by Gasteiger charge is -1.95. The average molecular weight is 234 g/mol. The normalized spacial score (nSPS) is 9.87. The van der Waals surface area contributed by atoms with E-state index in [4.69, 9.17) is 5.26 Å². The summed E-state index contributed by atoms with van der Waals surface area (Å²) in [5.41, 5.74) is 0.418. The number of nitrogens with zero attached hydrogens (tertiary/aromatic N) is 4. The second kappa shape index (κ2) is 4.38. The molecule has 0 aromatic carbocycles. The topological polar surface area (TPSA) is 62.5 Å². The lowest BCUT2D eigenvalue weighted by Crippen LogP contribution is -1.81. The maximum Gasteiger partial charge on any atom is 0.179 e. The van der Waals surface area contributed by atoms with Crippen molar-refractivity contribution in [1.82, 2.24) is 15.2 Å². The van der Waals surface area contributed by atoms with Gasteiger partial charge in [-0.1, -0.05) is 23.1 Å². The molecule has 15 heavy (non-hydrogen) atoms. The first-order valence-electron chi connectivity index (χ1n) is 4.12. The molecule has 2 rings (SSSR count). The third-order valence-corrected chi connectivity index (χ3v) is 3.44. The first-order chi connectivity index (χ1) is 7.28. The average Bonchev–Trinajstić information content (AvgIpc) is 2.64. The molecule has 0 radical (unpaired) electrons. The zero-order valence-electron chi connectivity index (χ0n) is 7.84. The van der Waals surface area contributed by atoms with E-state index in [1.54, 1.807) is 12.3 Å². The van der Waals surface area contributed by atoms with Crippen molar-refractivity contribution in [2.24, 2.45) is 0 Å².